The Hall–Kier alpha value is -2.70. The predicted octanol–water partition coefficient (Wildman–Crippen LogP) is 4.35. The van der Waals surface area contributed by atoms with Gasteiger partial charge < -0.3 is 10.1 Å². The first kappa shape index (κ1) is 19.1. The van der Waals surface area contributed by atoms with Crippen LogP contribution in [0.15, 0.2) is 36.4 Å². The van der Waals surface area contributed by atoms with Crippen LogP contribution in [0.4, 0.5) is 5.69 Å². The molecule has 3 rings (SSSR count). The van der Waals surface area contributed by atoms with Gasteiger partial charge in [0.1, 0.15) is 0 Å². The summed E-state index contributed by atoms with van der Waals surface area (Å²) in [6.07, 6.45) is 0. The first-order valence-corrected chi connectivity index (χ1v) is 8.76. The molecule has 0 atom stereocenters. The van der Waals surface area contributed by atoms with Crippen molar-refractivity contribution in [1.82, 2.24) is 9.97 Å². The van der Waals surface area contributed by atoms with Gasteiger partial charge >= 0.3 is 5.97 Å². The van der Waals surface area contributed by atoms with Crippen LogP contribution in [0.1, 0.15) is 21.7 Å². The first-order valence-electron chi connectivity index (χ1n) is 8.00. The number of carbonyl (C=O) groups is 2. The van der Waals surface area contributed by atoms with Crippen LogP contribution >= 0.6 is 23.2 Å². The number of ether oxygens (including phenoxy) is 1. The van der Waals surface area contributed by atoms with Gasteiger partial charge in [0.05, 0.1) is 38.7 Å². The highest BCUT2D eigenvalue weighted by molar-refractivity contribution is 6.36. The van der Waals surface area contributed by atoms with Crippen LogP contribution in [0, 0.1) is 13.8 Å². The highest BCUT2D eigenvalue weighted by atomic mass is 35.5. The Kier molecular flexibility index (Phi) is 5.58. The number of fused-ring (bicyclic) bond motifs is 1. The van der Waals surface area contributed by atoms with Crippen molar-refractivity contribution in [2.45, 2.75) is 13.8 Å². The minimum atomic E-state index is -0.630. The van der Waals surface area contributed by atoms with E-state index in [-0.39, 0.29) is 5.56 Å². The maximum atomic E-state index is 12.2. The zero-order valence-electron chi connectivity index (χ0n) is 14.5. The summed E-state index contributed by atoms with van der Waals surface area (Å²) in [4.78, 5) is 33.0. The number of amides is 1. The number of carbonyl (C=O) groups excluding carboxylic acids is 2. The van der Waals surface area contributed by atoms with E-state index in [0.717, 1.165) is 11.4 Å². The third-order valence-corrected chi connectivity index (χ3v) is 4.40. The minimum absolute atomic E-state index is 0.289. The van der Waals surface area contributed by atoms with E-state index in [0.29, 0.717) is 26.8 Å². The lowest BCUT2D eigenvalue weighted by molar-refractivity contribution is -0.119. The van der Waals surface area contributed by atoms with E-state index >= 15 is 0 Å². The largest absolute Gasteiger partial charge is 0.452 e. The molecule has 0 unspecified atom stereocenters. The summed E-state index contributed by atoms with van der Waals surface area (Å²) in [6.45, 7) is 3.27. The van der Waals surface area contributed by atoms with Crippen molar-refractivity contribution in [3.05, 3.63) is 63.4 Å². The number of rotatable bonds is 4. The van der Waals surface area contributed by atoms with Gasteiger partial charge in [-0.2, -0.15) is 0 Å². The average Bonchev–Trinajstić information content (AvgIpc) is 2.62. The lowest BCUT2D eigenvalue weighted by Gasteiger charge is -2.09. The number of hydrogen-bond acceptors (Lipinski definition) is 5. The first-order chi connectivity index (χ1) is 12.8. The highest BCUT2D eigenvalue weighted by Crippen LogP contribution is 2.25. The van der Waals surface area contributed by atoms with E-state index in [1.165, 1.54) is 6.07 Å². The molecular weight excluding hydrogens is 389 g/mol. The molecule has 0 aliphatic rings. The van der Waals surface area contributed by atoms with Gasteiger partial charge in [0.2, 0.25) is 0 Å². The molecule has 0 fully saturated rings. The Morgan fingerprint density at radius 2 is 1.70 bits per heavy atom. The van der Waals surface area contributed by atoms with Crippen LogP contribution in [0.5, 0.6) is 0 Å². The summed E-state index contributed by atoms with van der Waals surface area (Å²) in [5.41, 5.74) is 3.56. The van der Waals surface area contributed by atoms with Gasteiger partial charge in [0.25, 0.3) is 5.91 Å². The van der Waals surface area contributed by atoms with Crippen molar-refractivity contribution in [3.63, 3.8) is 0 Å². The molecule has 1 heterocycles. The van der Waals surface area contributed by atoms with Crippen LogP contribution < -0.4 is 5.32 Å². The molecule has 27 heavy (non-hydrogen) atoms. The van der Waals surface area contributed by atoms with Crippen LogP contribution in [0.25, 0.3) is 11.0 Å². The average molecular weight is 404 g/mol. The van der Waals surface area contributed by atoms with Gasteiger partial charge in [-0.15, -0.1) is 0 Å². The van der Waals surface area contributed by atoms with Crippen LogP contribution in [-0.2, 0) is 9.53 Å². The Labute approximate surface area is 165 Å². The van der Waals surface area contributed by atoms with Crippen molar-refractivity contribution in [3.8, 4) is 0 Å². The molecule has 0 saturated heterocycles. The Morgan fingerprint density at radius 1 is 1.00 bits per heavy atom. The van der Waals surface area contributed by atoms with E-state index in [9.17, 15) is 9.59 Å². The smallest absolute Gasteiger partial charge is 0.338 e. The van der Waals surface area contributed by atoms with Crippen molar-refractivity contribution in [2.24, 2.45) is 0 Å². The lowest BCUT2D eigenvalue weighted by Crippen LogP contribution is -2.21. The molecule has 2 aromatic carbocycles. The summed E-state index contributed by atoms with van der Waals surface area (Å²) >= 11 is 11.8. The molecule has 1 aromatic heterocycles. The number of aryl methyl sites for hydroxylation is 2. The molecule has 1 amide bonds. The third-order valence-electron chi connectivity index (χ3n) is 3.85. The van der Waals surface area contributed by atoms with Crippen LogP contribution in [0.2, 0.25) is 10.0 Å². The lowest BCUT2D eigenvalue weighted by atomic mass is 10.2. The zero-order valence-corrected chi connectivity index (χ0v) is 16.1. The summed E-state index contributed by atoms with van der Waals surface area (Å²) in [7, 11) is 0. The fourth-order valence-corrected chi connectivity index (χ4v) is 2.80. The van der Waals surface area contributed by atoms with Crippen molar-refractivity contribution < 1.29 is 14.3 Å². The number of nitrogens with one attached hydrogen (secondary N) is 1. The molecule has 0 radical (unpaired) electrons. The molecular formula is C19H15Cl2N3O3. The quantitative estimate of drug-likeness (QED) is 0.654. The van der Waals surface area contributed by atoms with E-state index in [2.05, 4.69) is 15.3 Å². The second kappa shape index (κ2) is 7.90. The minimum Gasteiger partial charge on any atom is -0.452 e. The van der Waals surface area contributed by atoms with E-state index in [1.54, 1.807) is 30.3 Å². The molecule has 138 valence electrons. The number of nitrogens with zero attached hydrogens (tertiary/aromatic N) is 2. The van der Waals surface area contributed by atoms with Gasteiger partial charge in [0.15, 0.2) is 6.61 Å². The monoisotopic (exact) mass is 403 g/mol. The maximum Gasteiger partial charge on any atom is 0.338 e. The molecule has 6 nitrogen and oxygen atoms in total. The highest BCUT2D eigenvalue weighted by Gasteiger charge is 2.13. The zero-order chi connectivity index (χ0) is 19.6. The second-order valence-corrected chi connectivity index (χ2v) is 6.69. The van der Waals surface area contributed by atoms with E-state index < -0.39 is 18.5 Å². The van der Waals surface area contributed by atoms with Gasteiger partial charge in [0, 0.05) is 5.02 Å². The Bertz CT molecular complexity index is 1050. The number of anilines is 1. The van der Waals surface area contributed by atoms with Crippen molar-refractivity contribution in [2.75, 3.05) is 11.9 Å². The topological polar surface area (TPSA) is 81.2 Å². The fourth-order valence-electron chi connectivity index (χ4n) is 2.35. The molecule has 3 aromatic rings. The standard InChI is InChI=1S/C19H15Cl2N3O3/c1-10-11(2)23-17-7-12(3-5-16(17)22-10)19(26)27-9-18(25)24-15-6-4-13(20)8-14(15)21/h3-8H,9H2,1-2H3,(H,24,25). The van der Waals surface area contributed by atoms with E-state index in [4.69, 9.17) is 27.9 Å². The summed E-state index contributed by atoms with van der Waals surface area (Å²) in [5, 5.41) is 3.30. The normalized spacial score (nSPS) is 10.7. The number of benzene rings is 2. The maximum absolute atomic E-state index is 12.2. The van der Waals surface area contributed by atoms with Gasteiger partial charge in [-0.25, -0.2) is 14.8 Å². The van der Waals surface area contributed by atoms with Crippen molar-refractivity contribution >= 4 is 51.8 Å². The molecule has 0 bridgehead atoms. The van der Waals surface area contributed by atoms with Crippen LogP contribution in [-0.4, -0.2) is 28.5 Å². The summed E-state index contributed by atoms with van der Waals surface area (Å²) < 4.78 is 5.06. The number of esters is 1. The molecule has 8 heteroatoms. The number of hydrogen-bond donors (Lipinski definition) is 1. The molecule has 0 aliphatic carbocycles. The number of halogens is 2. The SMILES string of the molecule is Cc1nc2ccc(C(=O)OCC(=O)Nc3ccc(Cl)cc3Cl)cc2nc1C. The van der Waals surface area contributed by atoms with E-state index in [1.807, 2.05) is 13.8 Å². The Balaban J connectivity index is 1.65. The second-order valence-electron chi connectivity index (χ2n) is 5.85. The summed E-state index contributed by atoms with van der Waals surface area (Å²) in [6, 6.07) is 9.53. The summed E-state index contributed by atoms with van der Waals surface area (Å²) in [5.74, 6) is -1.14. The molecule has 1 N–H and O–H groups in total. The predicted molar refractivity (Wildman–Crippen MR) is 104 cm³/mol. The van der Waals surface area contributed by atoms with Crippen molar-refractivity contribution in [1.29, 1.82) is 0 Å². The third kappa shape index (κ3) is 4.53. The van der Waals surface area contributed by atoms with Crippen LogP contribution in [0.3, 0.4) is 0 Å². The molecule has 0 saturated carbocycles. The Morgan fingerprint density at radius 3 is 2.41 bits per heavy atom. The van der Waals surface area contributed by atoms with Gasteiger partial charge in [-0.05, 0) is 50.2 Å². The van der Waals surface area contributed by atoms with Gasteiger partial charge in [-0.1, -0.05) is 23.2 Å². The van der Waals surface area contributed by atoms with Gasteiger partial charge in [-0.3, -0.25) is 4.79 Å². The number of aromatic nitrogens is 2. The molecule has 0 spiro atoms. The molecule has 0 aliphatic heterocycles. The fraction of sp³-hybridized carbons (Fsp3) is 0.158.